The Labute approximate surface area is 196 Å². The van der Waals surface area contributed by atoms with Crippen LogP contribution in [0.5, 0.6) is 0 Å². The van der Waals surface area contributed by atoms with Gasteiger partial charge in [0, 0.05) is 0 Å². The summed E-state index contributed by atoms with van der Waals surface area (Å²) in [6.07, 6.45) is 0.941. The number of amides is 2. The second-order valence-corrected chi connectivity index (χ2v) is 10.6. The number of hydrogen-bond donors (Lipinski definition) is 2. The largest absolute Gasteiger partial charge is 0.460 e. The molecule has 0 bridgehead atoms. The average Bonchev–Trinajstić information content (AvgIpc) is 3.31. The molecule has 1 aliphatic carbocycles. The maximum atomic E-state index is 13.5. The van der Waals surface area contributed by atoms with Gasteiger partial charge in [-0.05, 0) is 56.9 Å². The summed E-state index contributed by atoms with van der Waals surface area (Å²) in [5, 5.41) is 3.64. The van der Waals surface area contributed by atoms with Gasteiger partial charge >= 0.3 is 5.97 Å². The molecule has 33 heavy (non-hydrogen) atoms. The van der Waals surface area contributed by atoms with Crippen LogP contribution in [0.25, 0.3) is 10.2 Å². The number of carbonyl (C=O) groups excluding carboxylic acids is 3. The number of fused-ring (bicyclic) bond motifs is 2. The van der Waals surface area contributed by atoms with Gasteiger partial charge in [-0.3, -0.25) is 14.4 Å². The molecule has 3 aromatic rings. The Morgan fingerprint density at radius 1 is 1.09 bits per heavy atom. The Balaban J connectivity index is 1.55. The van der Waals surface area contributed by atoms with Crippen molar-refractivity contribution in [1.82, 2.24) is 10.3 Å². The summed E-state index contributed by atoms with van der Waals surface area (Å²) in [5.41, 5.74) is 6.95. The molecule has 1 aromatic heterocycles. The van der Waals surface area contributed by atoms with Crippen LogP contribution < -0.4 is 11.1 Å². The highest BCUT2D eigenvalue weighted by Crippen LogP contribution is 2.41. The van der Waals surface area contributed by atoms with Crippen LogP contribution in [0.1, 0.15) is 53.7 Å². The van der Waals surface area contributed by atoms with Crippen molar-refractivity contribution in [2.45, 2.75) is 52.2 Å². The van der Waals surface area contributed by atoms with Crippen molar-refractivity contribution in [2.75, 3.05) is 0 Å². The Kier molecular flexibility index (Phi) is 5.97. The number of rotatable bonds is 6. The van der Waals surface area contributed by atoms with E-state index in [0.29, 0.717) is 28.9 Å². The zero-order valence-electron chi connectivity index (χ0n) is 18.9. The number of esters is 1. The lowest BCUT2D eigenvalue weighted by Gasteiger charge is -2.28. The normalized spacial score (nSPS) is 14.6. The van der Waals surface area contributed by atoms with Crippen molar-refractivity contribution < 1.29 is 19.1 Å². The fourth-order valence-electron chi connectivity index (χ4n) is 4.33. The van der Waals surface area contributed by atoms with Crippen LogP contribution in [-0.2, 0) is 33.7 Å². The van der Waals surface area contributed by atoms with Gasteiger partial charge in [-0.2, -0.15) is 0 Å². The lowest BCUT2D eigenvalue weighted by Crippen LogP contribution is -2.44. The van der Waals surface area contributed by atoms with Gasteiger partial charge in [-0.15, -0.1) is 11.3 Å². The second kappa shape index (κ2) is 8.59. The van der Waals surface area contributed by atoms with Gasteiger partial charge in [0.2, 0.25) is 5.91 Å². The standard InChI is InChI=1S/C25H27N3O4S/c1-24(2,3)32-20(29)13-25(11-15-7-4-5-8-16(15)12-25)23(31)27-14-19-28-21-17(22(26)30)9-6-10-18(21)33-19/h4-10H,11-14H2,1-3H3,(H2,26,30)(H,27,31). The van der Waals surface area contributed by atoms with E-state index in [9.17, 15) is 14.4 Å². The number of carbonyl (C=O) groups is 3. The lowest BCUT2D eigenvalue weighted by atomic mass is 9.80. The number of nitrogens with one attached hydrogen (secondary N) is 1. The summed E-state index contributed by atoms with van der Waals surface area (Å²) >= 11 is 1.40. The summed E-state index contributed by atoms with van der Waals surface area (Å²) in [5.74, 6) is -1.14. The van der Waals surface area contributed by atoms with E-state index in [0.717, 1.165) is 15.8 Å². The Bertz CT molecular complexity index is 1220. The number of hydrogen-bond acceptors (Lipinski definition) is 6. The van der Waals surface area contributed by atoms with E-state index in [-0.39, 0.29) is 18.9 Å². The minimum atomic E-state index is -0.916. The molecular formula is C25H27N3O4S. The van der Waals surface area contributed by atoms with Gasteiger partial charge in [0.25, 0.3) is 5.91 Å². The third-order valence-electron chi connectivity index (χ3n) is 5.69. The molecule has 0 unspecified atom stereocenters. The number of thiazole rings is 1. The number of nitrogens with zero attached hydrogens (tertiary/aromatic N) is 1. The molecule has 0 radical (unpaired) electrons. The molecule has 0 saturated heterocycles. The second-order valence-electron chi connectivity index (χ2n) is 9.47. The van der Waals surface area contributed by atoms with Gasteiger partial charge in [0.05, 0.1) is 34.2 Å². The van der Waals surface area contributed by atoms with Gasteiger partial charge in [-0.1, -0.05) is 30.3 Å². The molecular weight excluding hydrogens is 438 g/mol. The first-order valence-corrected chi connectivity index (χ1v) is 11.6. The van der Waals surface area contributed by atoms with Gasteiger partial charge in [-0.25, -0.2) is 4.98 Å². The number of para-hydroxylation sites is 1. The molecule has 0 fully saturated rings. The SMILES string of the molecule is CC(C)(C)OC(=O)CC1(C(=O)NCc2nc3c(C(N)=O)cccc3s2)Cc2ccccc2C1. The van der Waals surface area contributed by atoms with E-state index in [1.165, 1.54) is 11.3 Å². The fourth-order valence-corrected chi connectivity index (χ4v) is 5.26. The third kappa shape index (κ3) is 4.90. The Hall–Kier alpha value is -3.26. The van der Waals surface area contributed by atoms with Crippen LogP contribution in [0.4, 0.5) is 0 Å². The summed E-state index contributed by atoms with van der Waals surface area (Å²) in [7, 11) is 0. The molecule has 7 nitrogen and oxygen atoms in total. The smallest absolute Gasteiger partial charge is 0.307 e. The molecule has 0 saturated carbocycles. The zero-order chi connectivity index (χ0) is 23.8. The molecule has 0 atom stereocenters. The number of nitrogens with two attached hydrogens (primary N) is 1. The lowest BCUT2D eigenvalue weighted by molar-refractivity contribution is -0.160. The minimum absolute atomic E-state index is 0.00352. The van der Waals surface area contributed by atoms with Gasteiger partial charge < -0.3 is 15.8 Å². The Morgan fingerprint density at radius 3 is 2.36 bits per heavy atom. The number of ether oxygens (including phenoxy) is 1. The first-order valence-electron chi connectivity index (χ1n) is 10.8. The molecule has 0 aliphatic heterocycles. The number of primary amides is 1. The molecule has 2 aromatic carbocycles. The summed E-state index contributed by atoms with van der Waals surface area (Å²) in [6.45, 7) is 5.64. The van der Waals surface area contributed by atoms with Crippen LogP contribution in [0.15, 0.2) is 42.5 Å². The van der Waals surface area contributed by atoms with Crippen LogP contribution in [0.2, 0.25) is 0 Å². The molecule has 2 amide bonds. The quantitative estimate of drug-likeness (QED) is 0.541. The predicted octanol–water partition coefficient (Wildman–Crippen LogP) is 3.53. The van der Waals surface area contributed by atoms with Crippen molar-refractivity contribution in [3.05, 3.63) is 64.2 Å². The van der Waals surface area contributed by atoms with E-state index in [2.05, 4.69) is 10.3 Å². The summed E-state index contributed by atoms with van der Waals surface area (Å²) < 4.78 is 6.37. The van der Waals surface area contributed by atoms with Gasteiger partial charge in [0.1, 0.15) is 10.6 Å². The number of benzene rings is 2. The van der Waals surface area contributed by atoms with E-state index < -0.39 is 22.9 Å². The van der Waals surface area contributed by atoms with E-state index in [4.69, 9.17) is 10.5 Å². The molecule has 1 aliphatic rings. The van der Waals surface area contributed by atoms with E-state index >= 15 is 0 Å². The maximum Gasteiger partial charge on any atom is 0.307 e. The van der Waals surface area contributed by atoms with Crippen LogP contribution in [0, 0.1) is 5.41 Å². The first-order chi connectivity index (χ1) is 15.6. The molecule has 4 rings (SSSR count). The minimum Gasteiger partial charge on any atom is -0.460 e. The van der Waals surface area contributed by atoms with Gasteiger partial charge in [0.15, 0.2) is 0 Å². The topological polar surface area (TPSA) is 111 Å². The molecule has 172 valence electrons. The maximum absolute atomic E-state index is 13.5. The average molecular weight is 466 g/mol. The van der Waals surface area contributed by atoms with Crippen molar-refractivity contribution in [2.24, 2.45) is 11.1 Å². The zero-order valence-corrected chi connectivity index (χ0v) is 19.8. The highest BCUT2D eigenvalue weighted by molar-refractivity contribution is 7.18. The molecule has 0 spiro atoms. The van der Waals surface area contributed by atoms with Crippen LogP contribution in [-0.4, -0.2) is 28.4 Å². The van der Waals surface area contributed by atoms with Crippen molar-refractivity contribution in [3.8, 4) is 0 Å². The molecule has 1 heterocycles. The monoisotopic (exact) mass is 465 g/mol. The highest BCUT2D eigenvalue weighted by atomic mass is 32.1. The predicted molar refractivity (Wildman–Crippen MR) is 127 cm³/mol. The van der Waals surface area contributed by atoms with E-state index in [1.54, 1.807) is 12.1 Å². The number of aromatic nitrogens is 1. The highest BCUT2D eigenvalue weighted by Gasteiger charge is 2.46. The molecule has 8 heteroatoms. The van der Waals surface area contributed by atoms with Crippen molar-refractivity contribution >= 4 is 39.3 Å². The first kappa shape index (κ1) is 22.9. The third-order valence-corrected chi connectivity index (χ3v) is 6.71. The molecule has 3 N–H and O–H groups in total. The fraction of sp³-hybridized carbons (Fsp3) is 0.360. The van der Waals surface area contributed by atoms with Crippen molar-refractivity contribution in [3.63, 3.8) is 0 Å². The van der Waals surface area contributed by atoms with Crippen molar-refractivity contribution in [1.29, 1.82) is 0 Å². The Morgan fingerprint density at radius 2 is 1.76 bits per heavy atom. The van der Waals surface area contributed by atoms with Crippen LogP contribution in [0.3, 0.4) is 0 Å². The van der Waals surface area contributed by atoms with E-state index in [1.807, 2.05) is 51.1 Å². The summed E-state index contributed by atoms with van der Waals surface area (Å²) in [6, 6.07) is 13.1. The summed E-state index contributed by atoms with van der Waals surface area (Å²) in [4.78, 5) is 42.4. The van der Waals surface area contributed by atoms with Crippen LogP contribution >= 0.6 is 11.3 Å².